The molecule has 1 aromatic carbocycles. The van der Waals surface area contributed by atoms with Crippen LogP contribution in [-0.4, -0.2) is 51.2 Å². The molecular formula is C18H22N2O3S. The highest BCUT2D eigenvalue weighted by molar-refractivity contribution is 7.08. The van der Waals surface area contributed by atoms with Crippen LogP contribution >= 0.6 is 11.3 Å². The summed E-state index contributed by atoms with van der Waals surface area (Å²) in [4.78, 5) is 16.6. The van der Waals surface area contributed by atoms with Crippen LogP contribution in [0.5, 0.6) is 11.5 Å². The third-order valence-electron chi connectivity index (χ3n) is 4.50. The van der Waals surface area contributed by atoms with Crippen molar-refractivity contribution in [3.8, 4) is 11.5 Å². The van der Waals surface area contributed by atoms with Gasteiger partial charge in [-0.25, -0.2) is 0 Å². The summed E-state index contributed by atoms with van der Waals surface area (Å²) in [5, 5.41) is 3.84. The lowest BCUT2D eigenvalue weighted by molar-refractivity contribution is 0.0745. The van der Waals surface area contributed by atoms with E-state index in [9.17, 15) is 4.79 Å². The Kier molecular flexibility index (Phi) is 4.94. The maximum Gasteiger partial charge on any atom is 0.254 e. The molecule has 1 saturated heterocycles. The number of ether oxygens (including phenoxy) is 2. The number of likely N-dealkylation sites (N-methyl/N-ethyl adjacent to an activating group) is 1. The van der Waals surface area contributed by atoms with Gasteiger partial charge in [0.15, 0.2) is 0 Å². The Labute approximate surface area is 146 Å². The number of nitrogens with zero attached hydrogens (tertiary/aromatic N) is 2. The maximum absolute atomic E-state index is 12.5. The number of carbonyl (C=O) groups excluding carboxylic acids is 1. The fourth-order valence-corrected chi connectivity index (χ4v) is 3.65. The molecule has 0 aliphatic carbocycles. The molecule has 0 radical (unpaired) electrons. The monoisotopic (exact) mass is 346 g/mol. The van der Waals surface area contributed by atoms with E-state index in [0.29, 0.717) is 0 Å². The lowest BCUT2D eigenvalue weighted by Crippen LogP contribution is -2.38. The summed E-state index contributed by atoms with van der Waals surface area (Å²) in [5.41, 5.74) is 1.83. The molecule has 2 heterocycles. The van der Waals surface area contributed by atoms with Crippen molar-refractivity contribution in [1.29, 1.82) is 0 Å². The van der Waals surface area contributed by atoms with Gasteiger partial charge in [0, 0.05) is 49.4 Å². The van der Waals surface area contributed by atoms with Crippen LogP contribution in [0.25, 0.3) is 0 Å². The number of amides is 1. The lowest BCUT2D eigenvalue weighted by atomic mass is 10.2. The SMILES string of the molecule is COc1cc(OC)cc(N2CC[C@H](N(C)C(=O)c3ccsc3)C2)c1. The first-order chi connectivity index (χ1) is 11.6. The van der Waals surface area contributed by atoms with E-state index in [0.717, 1.165) is 42.3 Å². The normalized spacial score (nSPS) is 17.0. The smallest absolute Gasteiger partial charge is 0.254 e. The zero-order chi connectivity index (χ0) is 17.1. The second kappa shape index (κ2) is 7.13. The van der Waals surface area contributed by atoms with Gasteiger partial charge in [-0.2, -0.15) is 11.3 Å². The molecule has 0 bridgehead atoms. The summed E-state index contributed by atoms with van der Waals surface area (Å²) < 4.78 is 10.7. The molecule has 2 aromatic rings. The zero-order valence-corrected chi connectivity index (χ0v) is 15.0. The summed E-state index contributed by atoms with van der Waals surface area (Å²) in [6.45, 7) is 1.71. The minimum Gasteiger partial charge on any atom is -0.497 e. The molecule has 0 N–H and O–H groups in total. The molecule has 3 rings (SSSR count). The molecule has 0 unspecified atom stereocenters. The zero-order valence-electron chi connectivity index (χ0n) is 14.2. The number of hydrogen-bond acceptors (Lipinski definition) is 5. The van der Waals surface area contributed by atoms with E-state index in [1.165, 1.54) is 0 Å². The minimum absolute atomic E-state index is 0.0892. The molecule has 6 heteroatoms. The van der Waals surface area contributed by atoms with Crippen molar-refractivity contribution >= 4 is 22.9 Å². The minimum atomic E-state index is 0.0892. The Morgan fingerprint density at radius 3 is 2.54 bits per heavy atom. The van der Waals surface area contributed by atoms with Gasteiger partial charge >= 0.3 is 0 Å². The van der Waals surface area contributed by atoms with Gasteiger partial charge in [-0.05, 0) is 17.9 Å². The van der Waals surface area contributed by atoms with Gasteiger partial charge in [-0.3, -0.25) is 4.79 Å². The van der Waals surface area contributed by atoms with E-state index in [2.05, 4.69) is 4.90 Å². The van der Waals surface area contributed by atoms with Crippen molar-refractivity contribution in [3.05, 3.63) is 40.6 Å². The van der Waals surface area contributed by atoms with Gasteiger partial charge in [-0.1, -0.05) is 0 Å². The summed E-state index contributed by atoms with van der Waals surface area (Å²) in [6.07, 6.45) is 0.950. The summed E-state index contributed by atoms with van der Waals surface area (Å²) in [5.74, 6) is 1.64. The third kappa shape index (κ3) is 3.33. The van der Waals surface area contributed by atoms with Gasteiger partial charge in [0.25, 0.3) is 5.91 Å². The summed E-state index contributed by atoms with van der Waals surface area (Å²) in [7, 11) is 5.19. The van der Waals surface area contributed by atoms with E-state index in [1.807, 2.05) is 47.0 Å². The van der Waals surface area contributed by atoms with Gasteiger partial charge in [0.05, 0.1) is 25.8 Å². The second-order valence-electron chi connectivity index (χ2n) is 5.89. The number of hydrogen-bond donors (Lipinski definition) is 0. The second-order valence-corrected chi connectivity index (χ2v) is 6.67. The van der Waals surface area contributed by atoms with Gasteiger partial charge < -0.3 is 19.3 Å². The molecule has 1 amide bonds. The van der Waals surface area contributed by atoms with Crippen LogP contribution < -0.4 is 14.4 Å². The summed E-state index contributed by atoms with van der Waals surface area (Å²) in [6, 6.07) is 7.96. The van der Waals surface area contributed by atoms with Crippen molar-refractivity contribution in [2.24, 2.45) is 0 Å². The first-order valence-electron chi connectivity index (χ1n) is 7.89. The average molecular weight is 346 g/mol. The number of thiophene rings is 1. The van der Waals surface area contributed by atoms with E-state index < -0.39 is 0 Å². The Morgan fingerprint density at radius 2 is 1.96 bits per heavy atom. The Balaban J connectivity index is 1.72. The van der Waals surface area contributed by atoms with Crippen molar-refractivity contribution < 1.29 is 14.3 Å². The van der Waals surface area contributed by atoms with Crippen LogP contribution in [0, 0.1) is 0 Å². The van der Waals surface area contributed by atoms with Gasteiger partial charge in [0.1, 0.15) is 11.5 Å². The Bertz CT molecular complexity index is 680. The molecule has 0 saturated carbocycles. The standard InChI is InChI=1S/C18H22N2O3S/c1-19(18(21)13-5-7-24-12-13)14-4-6-20(11-14)15-8-16(22-2)10-17(9-15)23-3/h5,7-10,12,14H,4,6,11H2,1-3H3/t14-/m0/s1. The molecule has 1 atom stereocenters. The largest absolute Gasteiger partial charge is 0.497 e. The summed E-state index contributed by atoms with van der Waals surface area (Å²) >= 11 is 1.55. The molecule has 1 aliphatic rings. The number of benzene rings is 1. The molecule has 1 aliphatic heterocycles. The Morgan fingerprint density at radius 1 is 1.25 bits per heavy atom. The van der Waals surface area contributed by atoms with E-state index in [-0.39, 0.29) is 11.9 Å². The van der Waals surface area contributed by atoms with Crippen molar-refractivity contribution in [2.45, 2.75) is 12.5 Å². The van der Waals surface area contributed by atoms with E-state index >= 15 is 0 Å². The van der Waals surface area contributed by atoms with Crippen molar-refractivity contribution in [1.82, 2.24) is 4.90 Å². The van der Waals surface area contributed by atoms with Crippen LogP contribution in [0.4, 0.5) is 5.69 Å². The van der Waals surface area contributed by atoms with Crippen molar-refractivity contribution in [2.75, 3.05) is 39.3 Å². The highest BCUT2D eigenvalue weighted by atomic mass is 32.1. The van der Waals surface area contributed by atoms with Crippen LogP contribution in [0.2, 0.25) is 0 Å². The quantitative estimate of drug-likeness (QED) is 0.834. The topological polar surface area (TPSA) is 42.0 Å². The first kappa shape index (κ1) is 16.6. The van der Waals surface area contributed by atoms with Crippen LogP contribution in [0.1, 0.15) is 16.8 Å². The predicted molar refractivity (Wildman–Crippen MR) is 96.6 cm³/mol. The predicted octanol–water partition coefficient (Wildman–Crippen LogP) is 3.12. The van der Waals surface area contributed by atoms with Gasteiger partial charge in [0.2, 0.25) is 0 Å². The van der Waals surface area contributed by atoms with Gasteiger partial charge in [-0.15, -0.1) is 0 Å². The molecular weight excluding hydrogens is 324 g/mol. The molecule has 0 spiro atoms. The third-order valence-corrected chi connectivity index (χ3v) is 5.18. The fraction of sp³-hybridized carbons (Fsp3) is 0.389. The van der Waals surface area contributed by atoms with E-state index in [4.69, 9.17) is 9.47 Å². The first-order valence-corrected chi connectivity index (χ1v) is 8.84. The molecule has 1 fully saturated rings. The fourth-order valence-electron chi connectivity index (χ4n) is 3.02. The van der Waals surface area contributed by atoms with Crippen LogP contribution in [-0.2, 0) is 0 Å². The average Bonchev–Trinajstić information content (AvgIpc) is 3.31. The molecule has 24 heavy (non-hydrogen) atoms. The molecule has 128 valence electrons. The maximum atomic E-state index is 12.5. The molecule has 1 aromatic heterocycles. The highest BCUT2D eigenvalue weighted by Crippen LogP contribution is 2.31. The highest BCUT2D eigenvalue weighted by Gasteiger charge is 2.29. The van der Waals surface area contributed by atoms with Crippen molar-refractivity contribution in [3.63, 3.8) is 0 Å². The number of rotatable bonds is 5. The number of methoxy groups -OCH3 is 2. The Hall–Kier alpha value is -2.21. The number of carbonyl (C=O) groups is 1. The molecule has 5 nitrogen and oxygen atoms in total. The lowest BCUT2D eigenvalue weighted by Gasteiger charge is -2.25. The van der Waals surface area contributed by atoms with Crippen LogP contribution in [0.15, 0.2) is 35.0 Å². The van der Waals surface area contributed by atoms with E-state index in [1.54, 1.807) is 25.6 Å². The number of anilines is 1. The van der Waals surface area contributed by atoms with Crippen LogP contribution in [0.3, 0.4) is 0 Å².